The van der Waals surface area contributed by atoms with Crippen molar-refractivity contribution in [1.29, 1.82) is 0 Å². The van der Waals surface area contributed by atoms with Crippen LogP contribution in [0.3, 0.4) is 0 Å². The second kappa shape index (κ2) is 6.40. The molecule has 0 aliphatic carbocycles. The van der Waals surface area contributed by atoms with E-state index in [4.69, 9.17) is 4.52 Å². The Morgan fingerprint density at radius 3 is 2.92 bits per heavy atom. The third-order valence-electron chi connectivity index (χ3n) is 4.07. The molecule has 1 amide bonds. The van der Waals surface area contributed by atoms with Crippen LogP contribution in [0.25, 0.3) is 17.0 Å². The van der Waals surface area contributed by atoms with Gasteiger partial charge in [0.05, 0.1) is 6.20 Å². The zero-order chi connectivity index (χ0) is 18.1. The number of pyridine rings is 1. The lowest BCUT2D eigenvalue weighted by Crippen LogP contribution is -2.15. The van der Waals surface area contributed by atoms with Crippen molar-refractivity contribution in [2.75, 3.05) is 5.32 Å². The van der Waals surface area contributed by atoms with Gasteiger partial charge in [-0.05, 0) is 36.2 Å². The zero-order valence-corrected chi connectivity index (χ0v) is 13.8. The standard InChI is InChI=1S/C18H14FN5O2/c1-11-2-3-13(17-21-10-26-23-17)7-14(11)22-18(25)15-9-20-16-6-12(8-19)4-5-24(15)16/h2-7,9-10H,8H2,1H3,(H,22,25). The summed E-state index contributed by atoms with van der Waals surface area (Å²) >= 11 is 0. The monoisotopic (exact) mass is 351 g/mol. The summed E-state index contributed by atoms with van der Waals surface area (Å²) in [6.45, 7) is 1.31. The van der Waals surface area contributed by atoms with E-state index in [1.807, 2.05) is 19.1 Å². The number of hydrogen-bond donors (Lipinski definition) is 1. The molecule has 0 bridgehead atoms. The molecule has 8 heteroatoms. The van der Waals surface area contributed by atoms with Gasteiger partial charge >= 0.3 is 0 Å². The first kappa shape index (κ1) is 15.9. The SMILES string of the molecule is Cc1ccc(-c2ncon2)cc1NC(=O)c1cnc2cc(CF)ccn12. The van der Waals surface area contributed by atoms with Crippen LogP contribution < -0.4 is 5.32 Å². The number of alkyl halides is 1. The highest BCUT2D eigenvalue weighted by Gasteiger charge is 2.15. The molecular formula is C18H14FN5O2. The maximum absolute atomic E-state index is 12.8. The molecule has 0 spiro atoms. The molecule has 0 aliphatic heterocycles. The number of carbonyl (C=O) groups is 1. The largest absolute Gasteiger partial charge is 0.342 e. The summed E-state index contributed by atoms with van der Waals surface area (Å²) in [4.78, 5) is 20.9. The first-order chi connectivity index (χ1) is 12.7. The van der Waals surface area contributed by atoms with Crippen LogP contribution in [0.2, 0.25) is 0 Å². The normalized spacial score (nSPS) is 11.0. The first-order valence-electron chi connectivity index (χ1n) is 7.86. The fourth-order valence-corrected chi connectivity index (χ4v) is 2.65. The van der Waals surface area contributed by atoms with E-state index in [0.717, 1.165) is 11.1 Å². The predicted octanol–water partition coefficient (Wildman–Crippen LogP) is 3.41. The Morgan fingerprint density at radius 1 is 1.27 bits per heavy atom. The topological polar surface area (TPSA) is 85.3 Å². The number of benzene rings is 1. The lowest BCUT2D eigenvalue weighted by atomic mass is 10.1. The van der Waals surface area contributed by atoms with E-state index in [-0.39, 0.29) is 5.91 Å². The minimum absolute atomic E-state index is 0.320. The van der Waals surface area contributed by atoms with E-state index in [1.165, 1.54) is 12.6 Å². The molecule has 0 unspecified atom stereocenters. The highest BCUT2D eigenvalue weighted by atomic mass is 19.1. The molecule has 0 saturated heterocycles. The fourth-order valence-electron chi connectivity index (χ4n) is 2.65. The predicted molar refractivity (Wildman–Crippen MR) is 92.4 cm³/mol. The van der Waals surface area contributed by atoms with Crippen LogP contribution in [0.4, 0.5) is 10.1 Å². The lowest BCUT2D eigenvalue weighted by Gasteiger charge is -2.09. The Balaban J connectivity index is 1.65. The van der Waals surface area contributed by atoms with Crippen molar-refractivity contribution < 1.29 is 13.7 Å². The third kappa shape index (κ3) is 2.81. The zero-order valence-electron chi connectivity index (χ0n) is 13.8. The molecule has 1 N–H and O–H groups in total. The molecule has 1 aromatic carbocycles. The molecule has 0 aliphatic rings. The van der Waals surface area contributed by atoms with E-state index < -0.39 is 6.67 Å². The van der Waals surface area contributed by atoms with Crippen LogP contribution in [0, 0.1) is 6.92 Å². The number of aryl methyl sites for hydroxylation is 1. The number of fused-ring (bicyclic) bond motifs is 1. The first-order valence-corrected chi connectivity index (χ1v) is 7.86. The summed E-state index contributed by atoms with van der Waals surface area (Å²) in [5.41, 5.74) is 3.63. The van der Waals surface area contributed by atoms with Crippen molar-refractivity contribution in [3.63, 3.8) is 0 Å². The minimum Gasteiger partial charge on any atom is -0.342 e. The summed E-state index contributed by atoms with van der Waals surface area (Å²) in [5, 5.41) is 6.68. The van der Waals surface area contributed by atoms with Gasteiger partial charge in [-0.25, -0.2) is 9.37 Å². The van der Waals surface area contributed by atoms with Gasteiger partial charge in [0.15, 0.2) is 0 Å². The Labute approximate surface area is 147 Å². The van der Waals surface area contributed by atoms with Gasteiger partial charge < -0.3 is 9.84 Å². The maximum Gasteiger partial charge on any atom is 0.274 e. The second-order valence-corrected chi connectivity index (χ2v) is 5.78. The number of halogens is 1. The number of carbonyl (C=O) groups excluding carboxylic acids is 1. The number of aromatic nitrogens is 4. The van der Waals surface area contributed by atoms with Crippen molar-refractivity contribution in [2.24, 2.45) is 0 Å². The molecule has 0 fully saturated rings. The summed E-state index contributed by atoms with van der Waals surface area (Å²) in [6.07, 6.45) is 4.34. The van der Waals surface area contributed by atoms with E-state index in [2.05, 4.69) is 20.4 Å². The molecule has 0 radical (unpaired) electrons. The summed E-state index contributed by atoms with van der Waals surface area (Å²) < 4.78 is 19.1. The fraction of sp³-hybridized carbons (Fsp3) is 0.111. The van der Waals surface area contributed by atoms with Gasteiger partial charge in [0.25, 0.3) is 5.91 Å². The smallest absolute Gasteiger partial charge is 0.274 e. The molecule has 130 valence electrons. The van der Waals surface area contributed by atoms with Crippen molar-refractivity contribution in [3.05, 3.63) is 65.9 Å². The molecule has 7 nitrogen and oxygen atoms in total. The summed E-state index contributed by atoms with van der Waals surface area (Å²) in [6, 6.07) is 8.72. The molecular weight excluding hydrogens is 337 g/mol. The number of hydrogen-bond acceptors (Lipinski definition) is 5. The summed E-state index contributed by atoms with van der Waals surface area (Å²) in [7, 11) is 0. The second-order valence-electron chi connectivity index (χ2n) is 5.78. The van der Waals surface area contributed by atoms with Gasteiger partial charge in [0.1, 0.15) is 18.0 Å². The average molecular weight is 351 g/mol. The maximum atomic E-state index is 12.8. The van der Waals surface area contributed by atoms with Crippen molar-refractivity contribution in [2.45, 2.75) is 13.6 Å². The minimum atomic E-state index is -0.576. The van der Waals surface area contributed by atoms with Crippen LogP contribution in [-0.2, 0) is 6.67 Å². The van der Waals surface area contributed by atoms with Crippen molar-refractivity contribution >= 4 is 17.2 Å². The van der Waals surface area contributed by atoms with E-state index in [0.29, 0.717) is 28.4 Å². The number of imidazole rings is 1. The van der Waals surface area contributed by atoms with Gasteiger partial charge in [0, 0.05) is 17.4 Å². The highest BCUT2D eigenvalue weighted by molar-refractivity contribution is 6.04. The van der Waals surface area contributed by atoms with Crippen molar-refractivity contribution in [1.82, 2.24) is 19.5 Å². The van der Waals surface area contributed by atoms with Gasteiger partial charge in [-0.3, -0.25) is 9.20 Å². The van der Waals surface area contributed by atoms with Gasteiger partial charge in [-0.1, -0.05) is 17.3 Å². The Bertz CT molecular complexity index is 1090. The van der Waals surface area contributed by atoms with Gasteiger partial charge in [0.2, 0.25) is 12.2 Å². The van der Waals surface area contributed by atoms with E-state index in [9.17, 15) is 9.18 Å². The van der Waals surface area contributed by atoms with Crippen molar-refractivity contribution in [3.8, 4) is 11.4 Å². The number of nitrogens with one attached hydrogen (secondary N) is 1. The lowest BCUT2D eigenvalue weighted by molar-refractivity contribution is 0.102. The van der Waals surface area contributed by atoms with Crippen LogP contribution in [0.15, 0.2) is 53.6 Å². The third-order valence-corrected chi connectivity index (χ3v) is 4.07. The number of rotatable bonds is 4. The highest BCUT2D eigenvalue weighted by Crippen LogP contribution is 2.23. The molecule has 3 heterocycles. The molecule has 0 saturated carbocycles. The van der Waals surface area contributed by atoms with E-state index in [1.54, 1.807) is 28.8 Å². The molecule has 0 atom stereocenters. The Hall–Kier alpha value is -3.55. The molecule has 3 aromatic heterocycles. The van der Waals surface area contributed by atoms with Crippen LogP contribution in [0.1, 0.15) is 21.6 Å². The molecule has 4 aromatic rings. The number of nitrogens with zero attached hydrogens (tertiary/aromatic N) is 4. The molecule has 4 rings (SSSR count). The summed E-state index contributed by atoms with van der Waals surface area (Å²) in [5.74, 6) is 0.118. The van der Waals surface area contributed by atoms with E-state index >= 15 is 0 Å². The van der Waals surface area contributed by atoms with Gasteiger partial charge in [-0.2, -0.15) is 4.98 Å². The van der Waals surface area contributed by atoms with Crippen LogP contribution in [-0.4, -0.2) is 25.4 Å². The Morgan fingerprint density at radius 2 is 2.15 bits per heavy atom. The Kier molecular flexibility index (Phi) is 3.92. The van der Waals surface area contributed by atoms with Crippen LogP contribution in [0.5, 0.6) is 0 Å². The van der Waals surface area contributed by atoms with Crippen LogP contribution >= 0.6 is 0 Å². The average Bonchev–Trinajstić information content (AvgIpc) is 3.32. The van der Waals surface area contributed by atoms with Gasteiger partial charge in [-0.15, -0.1) is 0 Å². The quantitative estimate of drug-likeness (QED) is 0.609. The number of amides is 1. The molecule has 26 heavy (non-hydrogen) atoms. The number of anilines is 1.